The van der Waals surface area contributed by atoms with Gasteiger partial charge in [0.15, 0.2) is 0 Å². The first-order chi connectivity index (χ1) is 8.77. The van der Waals surface area contributed by atoms with Crippen molar-refractivity contribution in [2.45, 2.75) is 37.5 Å². The van der Waals surface area contributed by atoms with Crippen LogP contribution in [0.5, 0.6) is 5.75 Å². The second-order valence-electron chi connectivity index (χ2n) is 4.12. The number of aliphatic hydroxyl groups is 1. The molecule has 0 bridgehead atoms. The molecule has 102 valence electrons. The first-order valence-electron chi connectivity index (χ1n) is 6.54. The van der Waals surface area contributed by atoms with E-state index in [2.05, 4.69) is 0 Å². The highest BCUT2D eigenvalue weighted by atomic mass is 32.2. The summed E-state index contributed by atoms with van der Waals surface area (Å²) in [5.74, 6) is 1.94. The van der Waals surface area contributed by atoms with E-state index in [4.69, 9.17) is 15.6 Å². The maximum atomic E-state index is 8.68. The van der Waals surface area contributed by atoms with E-state index in [1.165, 1.54) is 6.42 Å². The summed E-state index contributed by atoms with van der Waals surface area (Å²) in [5.41, 5.74) is 6.76. The molecule has 1 rings (SSSR count). The molecule has 0 unspecified atom stereocenters. The number of hydrogen-bond donors (Lipinski definition) is 2. The molecule has 0 saturated heterocycles. The number of nitrogens with two attached hydrogens (primary N) is 1. The van der Waals surface area contributed by atoms with Gasteiger partial charge in [0.1, 0.15) is 5.75 Å². The summed E-state index contributed by atoms with van der Waals surface area (Å²) >= 11 is 1.78. The number of unbranched alkanes of at least 4 members (excludes halogenated alkanes) is 3. The maximum absolute atomic E-state index is 8.68. The van der Waals surface area contributed by atoms with Crippen LogP contribution < -0.4 is 10.5 Å². The Kier molecular flexibility index (Phi) is 7.69. The van der Waals surface area contributed by atoms with Crippen LogP contribution in [0.4, 0.5) is 5.69 Å². The predicted molar refractivity (Wildman–Crippen MR) is 78.3 cm³/mol. The molecule has 0 aliphatic heterocycles. The molecule has 0 aliphatic rings. The van der Waals surface area contributed by atoms with Gasteiger partial charge in [-0.25, -0.2) is 0 Å². The molecule has 18 heavy (non-hydrogen) atoms. The predicted octanol–water partition coefficient (Wildman–Crippen LogP) is 3.31. The van der Waals surface area contributed by atoms with Crippen LogP contribution in [0.15, 0.2) is 23.1 Å². The largest absolute Gasteiger partial charge is 0.494 e. The standard InChI is InChI=1S/C14H23NO2S/c1-2-17-12-7-8-13(15)14(11-12)18-10-6-4-3-5-9-16/h7-8,11,16H,2-6,9-10,15H2,1H3. The zero-order chi connectivity index (χ0) is 13.2. The molecule has 0 spiro atoms. The maximum Gasteiger partial charge on any atom is 0.120 e. The van der Waals surface area contributed by atoms with Crippen LogP contribution in [0.2, 0.25) is 0 Å². The minimum atomic E-state index is 0.302. The molecular weight excluding hydrogens is 246 g/mol. The Hall–Kier alpha value is -0.870. The molecule has 0 amide bonds. The number of nitrogen functional groups attached to an aromatic ring is 1. The Morgan fingerprint density at radius 3 is 2.72 bits per heavy atom. The first kappa shape index (κ1) is 15.2. The van der Waals surface area contributed by atoms with Crippen LogP contribution in [-0.2, 0) is 0 Å². The fourth-order valence-electron chi connectivity index (χ4n) is 1.65. The monoisotopic (exact) mass is 269 g/mol. The van der Waals surface area contributed by atoms with E-state index in [9.17, 15) is 0 Å². The molecule has 1 aromatic carbocycles. The minimum Gasteiger partial charge on any atom is -0.494 e. The zero-order valence-corrected chi connectivity index (χ0v) is 11.8. The van der Waals surface area contributed by atoms with Crippen molar-refractivity contribution in [3.05, 3.63) is 18.2 Å². The minimum absolute atomic E-state index is 0.302. The summed E-state index contributed by atoms with van der Waals surface area (Å²) < 4.78 is 5.46. The van der Waals surface area contributed by atoms with Gasteiger partial charge < -0.3 is 15.6 Å². The molecule has 0 saturated carbocycles. The van der Waals surface area contributed by atoms with Gasteiger partial charge in [-0.15, -0.1) is 11.8 Å². The Bertz CT molecular complexity index is 345. The molecule has 0 heterocycles. The third kappa shape index (κ3) is 5.65. The van der Waals surface area contributed by atoms with Crippen molar-refractivity contribution in [2.75, 3.05) is 24.7 Å². The number of benzene rings is 1. The van der Waals surface area contributed by atoms with Crippen molar-refractivity contribution >= 4 is 17.4 Å². The van der Waals surface area contributed by atoms with Crippen molar-refractivity contribution in [3.63, 3.8) is 0 Å². The fourth-order valence-corrected chi connectivity index (χ4v) is 2.65. The molecule has 1 aromatic rings. The van der Waals surface area contributed by atoms with Gasteiger partial charge >= 0.3 is 0 Å². The topological polar surface area (TPSA) is 55.5 Å². The molecule has 3 N–H and O–H groups in total. The molecule has 0 aromatic heterocycles. The molecule has 0 fully saturated rings. The second-order valence-corrected chi connectivity index (χ2v) is 5.26. The number of aliphatic hydroxyl groups excluding tert-OH is 1. The van der Waals surface area contributed by atoms with E-state index < -0.39 is 0 Å². The summed E-state index contributed by atoms with van der Waals surface area (Å²) in [6.07, 6.45) is 4.33. The molecule has 3 nitrogen and oxygen atoms in total. The van der Waals surface area contributed by atoms with E-state index in [-0.39, 0.29) is 0 Å². The fraction of sp³-hybridized carbons (Fsp3) is 0.571. The highest BCUT2D eigenvalue weighted by molar-refractivity contribution is 7.99. The highest BCUT2D eigenvalue weighted by Gasteiger charge is 2.02. The van der Waals surface area contributed by atoms with E-state index in [0.717, 1.165) is 41.3 Å². The average Bonchev–Trinajstić information content (AvgIpc) is 2.37. The first-order valence-corrected chi connectivity index (χ1v) is 7.52. The van der Waals surface area contributed by atoms with Gasteiger partial charge in [-0.1, -0.05) is 12.8 Å². The number of ether oxygens (including phenoxy) is 1. The summed E-state index contributed by atoms with van der Waals surface area (Å²) in [7, 11) is 0. The van der Waals surface area contributed by atoms with Crippen LogP contribution >= 0.6 is 11.8 Å². The lowest BCUT2D eigenvalue weighted by molar-refractivity contribution is 0.283. The number of anilines is 1. The smallest absolute Gasteiger partial charge is 0.120 e. The van der Waals surface area contributed by atoms with Crippen LogP contribution in [0.3, 0.4) is 0 Å². The third-order valence-corrected chi connectivity index (χ3v) is 3.76. The summed E-state index contributed by atoms with van der Waals surface area (Å²) in [5, 5.41) is 8.68. The zero-order valence-electron chi connectivity index (χ0n) is 11.0. The molecular formula is C14H23NO2S. The highest BCUT2D eigenvalue weighted by Crippen LogP contribution is 2.30. The van der Waals surface area contributed by atoms with Crippen molar-refractivity contribution in [1.29, 1.82) is 0 Å². The van der Waals surface area contributed by atoms with E-state index >= 15 is 0 Å². The number of thioether (sulfide) groups is 1. The van der Waals surface area contributed by atoms with Gasteiger partial charge in [0.05, 0.1) is 6.61 Å². The second kappa shape index (κ2) is 9.11. The Morgan fingerprint density at radius 1 is 1.22 bits per heavy atom. The van der Waals surface area contributed by atoms with Gasteiger partial charge in [0, 0.05) is 17.2 Å². The van der Waals surface area contributed by atoms with Crippen LogP contribution in [0.25, 0.3) is 0 Å². The van der Waals surface area contributed by atoms with Gasteiger partial charge in [0.2, 0.25) is 0 Å². The van der Waals surface area contributed by atoms with E-state index in [1.807, 2.05) is 25.1 Å². The Balaban J connectivity index is 2.34. The third-order valence-electron chi connectivity index (χ3n) is 2.61. The molecule has 0 radical (unpaired) electrons. The molecule has 0 aliphatic carbocycles. The van der Waals surface area contributed by atoms with E-state index in [0.29, 0.717) is 13.2 Å². The quantitative estimate of drug-likeness (QED) is 0.410. The molecule has 4 heteroatoms. The normalized spacial score (nSPS) is 10.6. The number of rotatable bonds is 9. The van der Waals surface area contributed by atoms with Crippen molar-refractivity contribution in [3.8, 4) is 5.75 Å². The lowest BCUT2D eigenvalue weighted by Gasteiger charge is -2.08. The average molecular weight is 269 g/mol. The van der Waals surface area contributed by atoms with Gasteiger partial charge in [-0.3, -0.25) is 0 Å². The van der Waals surface area contributed by atoms with Gasteiger partial charge in [-0.05, 0) is 43.7 Å². The van der Waals surface area contributed by atoms with Crippen LogP contribution in [0.1, 0.15) is 32.6 Å². The SMILES string of the molecule is CCOc1ccc(N)c(SCCCCCCO)c1. The summed E-state index contributed by atoms with van der Waals surface area (Å²) in [6, 6.07) is 5.82. The van der Waals surface area contributed by atoms with Crippen molar-refractivity contribution in [1.82, 2.24) is 0 Å². The Labute approximate surface area is 114 Å². The van der Waals surface area contributed by atoms with Crippen LogP contribution in [0, 0.1) is 0 Å². The lowest BCUT2D eigenvalue weighted by atomic mass is 10.2. The van der Waals surface area contributed by atoms with E-state index in [1.54, 1.807) is 11.8 Å². The van der Waals surface area contributed by atoms with Crippen molar-refractivity contribution < 1.29 is 9.84 Å². The van der Waals surface area contributed by atoms with Crippen molar-refractivity contribution in [2.24, 2.45) is 0 Å². The summed E-state index contributed by atoms with van der Waals surface area (Å²) in [6.45, 7) is 2.95. The van der Waals surface area contributed by atoms with Crippen LogP contribution in [-0.4, -0.2) is 24.1 Å². The van der Waals surface area contributed by atoms with Gasteiger partial charge in [-0.2, -0.15) is 0 Å². The Morgan fingerprint density at radius 2 is 2.00 bits per heavy atom. The van der Waals surface area contributed by atoms with Gasteiger partial charge in [0.25, 0.3) is 0 Å². The summed E-state index contributed by atoms with van der Waals surface area (Å²) in [4.78, 5) is 1.10. The molecule has 0 atom stereocenters. The number of hydrogen-bond acceptors (Lipinski definition) is 4. The lowest BCUT2D eigenvalue weighted by Crippen LogP contribution is -1.94.